The molecular formula is C12H18O3. The Bertz CT molecular complexity index is 245. The Morgan fingerprint density at radius 1 is 1.27 bits per heavy atom. The molecule has 0 amide bonds. The Morgan fingerprint density at radius 3 is 2.60 bits per heavy atom. The molecule has 0 aromatic carbocycles. The third-order valence-corrected chi connectivity index (χ3v) is 2.67. The van der Waals surface area contributed by atoms with E-state index in [1.54, 1.807) is 0 Å². The SMILES string of the molecule is C=CCCCCCCC1CC(=O)OC1=O. The van der Waals surface area contributed by atoms with E-state index in [9.17, 15) is 9.59 Å². The van der Waals surface area contributed by atoms with E-state index >= 15 is 0 Å². The van der Waals surface area contributed by atoms with E-state index in [4.69, 9.17) is 0 Å². The molecule has 0 bridgehead atoms. The molecule has 0 aromatic rings. The molecular weight excluding hydrogens is 192 g/mol. The minimum Gasteiger partial charge on any atom is -0.393 e. The van der Waals surface area contributed by atoms with Gasteiger partial charge in [-0.3, -0.25) is 9.59 Å². The first kappa shape index (κ1) is 12.0. The fourth-order valence-corrected chi connectivity index (χ4v) is 1.77. The van der Waals surface area contributed by atoms with E-state index < -0.39 is 0 Å². The van der Waals surface area contributed by atoms with Crippen LogP contribution in [0.3, 0.4) is 0 Å². The molecule has 0 saturated carbocycles. The highest BCUT2D eigenvalue weighted by molar-refractivity contribution is 5.94. The standard InChI is InChI=1S/C12H18O3/c1-2-3-4-5-6-7-8-10-9-11(13)15-12(10)14/h2,10H,1,3-9H2. The van der Waals surface area contributed by atoms with Crippen molar-refractivity contribution in [2.75, 3.05) is 0 Å². The molecule has 1 unspecified atom stereocenters. The second-order valence-corrected chi connectivity index (χ2v) is 3.97. The van der Waals surface area contributed by atoms with Gasteiger partial charge in [-0.05, 0) is 19.3 Å². The third kappa shape index (κ3) is 4.28. The number of cyclic esters (lactones) is 2. The first-order valence-electron chi connectivity index (χ1n) is 5.59. The molecule has 0 N–H and O–H groups in total. The van der Waals surface area contributed by atoms with Gasteiger partial charge in [0.1, 0.15) is 0 Å². The van der Waals surface area contributed by atoms with Gasteiger partial charge in [0.25, 0.3) is 0 Å². The fourth-order valence-electron chi connectivity index (χ4n) is 1.77. The third-order valence-electron chi connectivity index (χ3n) is 2.67. The number of ether oxygens (including phenoxy) is 1. The van der Waals surface area contributed by atoms with E-state index in [1.807, 2.05) is 6.08 Å². The molecule has 0 radical (unpaired) electrons. The van der Waals surface area contributed by atoms with Gasteiger partial charge >= 0.3 is 11.9 Å². The van der Waals surface area contributed by atoms with Gasteiger partial charge in [0, 0.05) is 0 Å². The maximum atomic E-state index is 11.1. The summed E-state index contributed by atoms with van der Waals surface area (Å²) in [6.07, 6.45) is 8.51. The zero-order valence-corrected chi connectivity index (χ0v) is 9.04. The maximum Gasteiger partial charge on any atom is 0.317 e. The van der Waals surface area contributed by atoms with Crippen molar-refractivity contribution in [3.05, 3.63) is 12.7 Å². The topological polar surface area (TPSA) is 43.4 Å². The minimum atomic E-state index is -0.364. The number of unbranched alkanes of at least 4 members (excludes halogenated alkanes) is 4. The second kappa shape index (κ2) is 6.38. The van der Waals surface area contributed by atoms with Gasteiger partial charge in [-0.15, -0.1) is 6.58 Å². The first-order chi connectivity index (χ1) is 7.24. The number of hydrogen-bond acceptors (Lipinski definition) is 3. The number of allylic oxidation sites excluding steroid dienone is 1. The van der Waals surface area contributed by atoms with Crippen LogP contribution in [-0.2, 0) is 14.3 Å². The van der Waals surface area contributed by atoms with Gasteiger partial charge in [0.15, 0.2) is 0 Å². The van der Waals surface area contributed by atoms with Crippen molar-refractivity contribution >= 4 is 11.9 Å². The Hall–Kier alpha value is -1.12. The Labute approximate surface area is 90.5 Å². The van der Waals surface area contributed by atoms with Crippen molar-refractivity contribution in [3.8, 4) is 0 Å². The van der Waals surface area contributed by atoms with E-state index in [2.05, 4.69) is 11.3 Å². The molecule has 3 heteroatoms. The molecule has 1 fully saturated rings. The van der Waals surface area contributed by atoms with Crippen molar-refractivity contribution < 1.29 is 14.3 Å². The number of rotatable bonds is 7. The highest BCUT2D eigenvalue weighted by atomic mass is 16.6. The molecule has 3 nitrogen and oxygen atoms in total. The van der Waals surface area contributed by atoms with E-state index in [0.29, 0.717) is 0 Å². The summed E-state index contributed by atoms with van der Waals surface area (Å²) in [7, 11) is 0. The lowest BCUT2D eigenvalue weighted by atomic mass is 9.99. The fraction of sp³-hybridized carbons (Fsp3) is 0.667. The van der Waals surface area contributed by atoms with Gasteiger partial charge in [-0.2, -0.15) is 0 Å². The number of carbonyl (C=O) groups is 2. The van der Waals surface area contributed by atoms with Gasteiger partial charge < -0.3 is 4.74 Å². The summed E-state index contributed by atoms with van der Waals surface area (Å²) in [6, 6.07) is 0. The smallest absolute Gasteiger partial charge is 0.317 e. The molecule has 0 aliphatic carbocycles. The van der Waals surface area contributed by atoms with E-state index in [0.717, 1.165) is 32.1 Å². The first-order valence-corrected chi connectivity index (χ1v) is 5.59. The minimum absolute atomic E-state index is 0.170. The summed E-state index contributed by atoms with van der Waals surface area (Å²) in [5.41, 5.74) is 0. The van der Waals surface area contributed by atoms with Crippen LogP contribution in [0.15, 0.2) is 12.7 Å². The van der Waals surface area contributed by atoms with Gasteiger partial charge in [-0.25, -0.2) is 0 Å². The summed E-state index contributed by atoms with van der Waals surface area (Å²) < 4.78 is 4.48. The van der Waals surface area contributed by atoms with Crippen LogP contribution in [0.5, 0.6) is 0 Å². The molecule has 1 atom stereocenters. The lowest BCUT2D eigenvalue weighted by Crippen LogP contribution is -2.06. The monoisotopic (exact) mass is 210 g/mol. The van der Waals surface area contributed by atoms with Crippen LogP contribution in [0.4, 0.5) is 0 Å². The van der Waals surface area contributed by atoms with Crippen LogP contribution in [0.2, 0.25) is 0 Å². The summed E-state index contributed by atoms with van der Waals surface area (Å²) in [5, 5.41) is 0. The highest BCUT2D eigenvalue weighted by Crippen LogP contribution is 2.22. The Balaban J connectivity index is 2.02. The second-order valence-electron chi connectivity index (χ2n) is 3.97. The van der Waals surface area contributed by atoms with Crippen LogP contribution in [0.1, 0.15) is 44.9 Å². The number of esters is 2. The van der Waals surface area contributed by atoms with Gasteiger partial charge in [0.2, 0.25) is 0 Å². The normalized spacial score (nSPS) is 20.4. The van der Waals surface area contributed by atoms with Crippen molar-refractivity contribution in [3.63, 3.8) is 0 Å². The summed E-state index contributed by atoms with van der Waals surface area (Å²) in [5.74, 6) is -0.861. The highest BCUT2D eigenvalue weighted by Gasteiger charge is 2.32. The Kier molecular flexibility index (Phi) is 5.08. The van der Waals surface area contributed by atoms with E-state index in [-0.39, 0.29) is 24.3 Å². The summed E-state index contributed by atoms with van der Waals surface area (Å²) in [4.78, 5) is 21.9. The molecule has 1 heterocycles. The number of hydrogen-bond donors (Lipinski definition) is 0. The zero-order chi connectivity index (χ0) is 11.1. The molecule has 1 rings (SSSR count). The molecule has 84 valence electrons. The lowest BCUT2D eigenvalue weighted by Gasteiger charge is -2.03. The number of carbonyl (C=O) groups excluding carboxylic acids is 2. The van der Waals surface area contributed by atoms with Crippen molar-refractivity contribution in [2.24, 2.45) is 5.92 Å². The average molecular weight is 210 g/mol. The average Bonchev–Trinajstić information content (AvgIpc) is 2.51. The summed E-state index contributed by atoms with van der Waals surface area (Å²) in [6.45, 7) is 3.66. The molecule has 15 heavy (non-hydrogen) atoms. The largest absolute Gasteiger partial charge is 0.393 e. The van der Waals surface area contributed by atoms with Crippen molar-refractivity contribution in [1.29, 1.82) is 0 Å². The maximum absolute atomic E-state index is 11.1. The molecule has 1 aliphatic rings. The van der Waals surface area contributed by atoms with Crippen LogP contribution < -0.4 is 0 Å². The van der Waals surface area contributed by atoms with Crippen LogP contribution >= 0.6 is 0 Å². The van der Waals surface area contributed by atoms with Crippen molar-refractivity contribution in [1.82, 2.24) is 0 Å². The Morgan fingerprint density at radius 2 is 2.00 bits per heavy atom. The predicted octanol–water partition coefficient (Wildman–Crippen LogP) is 2.60. The van der Waals surface area contributed by atoms with Gasteiger partial charge in [-0.1, -0.05) is 25.3 Å². The molecule has 1 aliphatic heterocycles. The quantitative estimate of drug-likeness (QED) is 0.281. The van der Waals surface area contributed by atoms with Crippen LogP contribution in [0.25, 0.3) is 0 Å². The molecule has 0 aromatic heterocycles. The van der Waals surface area contributed by atoms with E-state index in [1.165, 1.54) is 6.42 Å². The lowest BCUT2D eigenvalue weighted by molar-refractivity contribution is -0.153. The van der Waals surface area contributed by atoms with Crippen LogP contribution in [0, 0.1) is 5.92 Å². The molecule has 0 spiro atoms. The predicted molar refractivity (Wildman–Crippen MR) is 57.1 cm³/mol. The summed E-state index contributed by atoms with van der Waals surface area (Å²) >= 11 is 0. The van der Waals surface area contributed by atoms with Crippen LogP contribution in [-0.4, -0.2) is 11.9 Å². The van der Waals surface area contributed by atoms with Crippen molar-refractivity contribution in [2.45, 2.75) is 44.9 Å². The zero-order valence-electron chi connectivity index (χ0n) is 9.04. The molecule has 1 saturated heterocycles. The van der Waals surface area contributed by atoms with Gasteiger partial charge in [0.05, 0.1) is 12.3 Å².